The van der Waals surface area contributed by atoms with E-state index in [1.54, 1.807) is 31.2 Å². The summed E-state index contributed by atoms with van der Waals surface area (Å²) in [7, 11) is 1.93. The lowest BCUT2D eigenvalue weighted by atomic mass is 9.68. The molecule has 0 radical (unpaired) electrons. The number of nitrogens with two attached hydrogens (primary N) is 1. The largest absolute Gasteiger partial charge is 0.509 e. The van der Waals surface area contributed by atoms with Crippen molar-refractivity contribution in [2.45, 2.75) is 109 Å². The number of nitrogens with one attached hydrogen (secondary N) is 4. The Morgan fingerprint density at radius 3 is 2.22 bits per heavy atom. The normalized spacial score (nSPS) is 18.7. The van der Waals surface area contributed by atoms with Gasteiger partial charge in [-0.15, -0.1) is 11.3 Å². The van der Waals surface area contributed by atoms with Crippen LogP contribution in [0.3, 0.4) is 0 Å². The van der Waals surface area contributed by atoms with Crippen molar-refractivity contribution < 1.29 is 57.3 Å². The van der Waals surface area contributed by atoms with Crippen LogP contribution in [-0.2, 0) is 42.9 Å². The van der Waals surface area contributed by atoms with Crippen LogP contribution >= 0.6 is 11.3 Å². The minimum Gasteiger partial charge on any atom is -0.461 e. The highest BCUT2D eigenvalue weighted by atomic mass is 32.1. The van der Waals surface area contributed by atoms with E-state index in [1.807, 2.05) is 45.2 Å². The summed E-state index contributed by atoms with van der Waals surface area (Å²) in [4.78, 5) is 118. The molecule has 2 saturated heterocycles. The van der Waals surface area contributed by atoms with Gasteiger partial charge in [0.15, 0.2) is 0 Å². The van der Waals surface area contributed by atoms with E-state index in [0.29, 0.717) is 32.6 Å². The lowest BCUT2D eigenvalue weighted by Gasteiger charge is -2.38. The number of benzene rings is 2. The number of aromatic nitrogens is 1. The number of amides is 7. The van der Waals surface area contributed by atoms with Crippen LogP contribution in [0, 0.1) is 12.3 Å². The average molecular weight is 1030 g/mol. The number of rotatable bonds is 19. The van der Waals surface area contributed by atoms with E-state index in [1.165, 1.54) is 46.6 Å². The van der Waals surface area contributed by atoms with E-state index in [2.05, 4.69) is 37.7 Å². The molecule has 1 unspecified atom stereocenters. The second-order valence-corrected chi connectivity index (χ2v) is 20.4. The number of hydrogen-bond donors (Lipinski definition) is 5. The summed E-state index contributed by atoms with van der Waals surface area (Å²) in [5.74, 6) is -3.01. The molecule has 0 spiro atoms. The maximum absolute atomic E-state index is 14.2. The predicted molar refractivity (Wildman–Crippen MR) is 270 cm³/mol. The summed E-state index contributed by atoms with van der Waals surface area (Å²) < 4.78 is 22.5. The molecule has 7 amide bonds. The van der Waals surface area contributed by atoms with Crippen molar-refractivity contribution in [2.24, 2.45) is 11.1 Å². The van der Waals surface area contributed by atoms with Crippen molar-refractivity contribution in [1.29, 1.82) is 0 Å². The molecule has 73 heavy (non-hydrogen) atoms. The zero-order chi connectivity index (χ0) is 53.0. The first kappa shape index (κ1) is 55.2. The lowest BCUT2D eigenvalue weighted by Crippen LogP contribution is -2.56. The van der Waals surface area contributed by atoms with Crippen LogP contribution in [0.25, 0.3) is 10.4 Å². The van der Waals surface area contributed by atoms with E-state index < -0.39 is 89.2 Å². The van der Waals surface area contributed by atoms with Gasteiger partial charge in [-0.1, -0.05) is 55.5 Å². The second kappa shape index (κ2) is 24.6. The summed E-state index contributed by atoms with van der Waals surface area (Å²) >= 11 is 1.54. The highest BCUT2D eigenvalue weighted by molar-refractivity contribution is 7.13. The Bertz CT molecular complexity index is 2480. The number of aryl methyl sites for hydroxylation is 1. The molecule has 6 rings (SSSR count). The first-order valence-corrected chi connectivity index (χ1v) is 25.2. The summed E-state index contributed by atoms with van der Waals surface area (Å²) in [5.41, 5.74) is 7.89. The Kier molecular flexibility index (Phi) is 18.6. The molecule has 394 valence electrons. The number of carbonyl (C=O) groups is 8. The van der Waals surface area contributed by atoms with Gasteiger partial charge < -0.3 is 55.7 Å². The Morgan fingerprint density at radius 2 is 1.63 bits per heavy atom. The average Bonchev–Trinajstić information content (AvgIpc) is 3.96. The molecule has 6 N–H and O–H groups in total. The minimum absolute atomic E-state index is 0.0650. The molecule has 1 aliphatic carbocycles. The van der Waals surface area contributed by atoms with Crippen molar-refractivity contribution in [3.8, 4) is 10.4 Å². The highest BCUT2D eigenvalue weighted by Crippen LogP contribution is 2.42. The zero-order valence-electron chi connectivity index (χ0n) is 42.2. The number of nitrogens with zero attached hydrogens (tertiary/aromatic N) is 4. The molecular formula is C51H67N9O12S. The van der Waals surface area contributed by atoms with Crippen LogP contribution in [0.5, 0.6) is 0 Å². The molecule has 2 aliphatic heterocycles. The molecule has 3 fully saturated rings. The molecule has 3 aliphatic rings. The first-order valence-electron chi connectivity index (χ1n) is 24.4. The molecule has 3 aromatic rings. The molecule has 1 saturated carbocycles. The Balaban J connectivity index is 1.15. The molecular weight excluding hydrogens is 963 g/mol. The van der Waals surface area contributed by atoms with Crippen molar-refractivity contribution in [2.75, 3.05) is 58.2 Å². The third kappa shape index (κ3) is 14.6. The number of carbonyl (C=O) groups excluding carboxylic acids is 8. The van der Waals surface area contributed by atoms with Gasteiger partial charge in [-0.05, 0) is 90.6 Å². The monoisotopic (exact) mass is 1030 g/mol. The van der Waals surface area contributed by atoms with E-state index in [9.17, 15) is 38.4 Å². The van der Waals surface area contributed by atoms with Gasteiger partial charge in [0.2, 0.25) is 23.8 Å². The molecule has 1 aromatic heterocycles. The van der Waals surface area contributed by atoms with Crippen molar-refractivity contribution >= 4 is 64.9 Å². The standard InChI is InChI=1S/C51H67N9O12S/c1-8-27-69-46(65)51(20-10-21-51)45(64)57-38(11-9-22-53-47(52)66)42(61)56-36-18-16-34(17-19-36)40(44(63)59-25-23-58(7)24-26-59)71-49(68)70-37-28-39(60(29-37)48(67)72-50(4,5)6)43(62)55-31(2)33-12-14-35(15-13-33)41-32(3)54-30-73-41/h8,12-19,30-31,37-40H,1,9-11,20-29H2,2-7H3,(H,55,62)(H,56,61)(H,57,64)(H3,52,53,66)/t31-,37+,38-,39-,40?/m0/s1. The van der Waals surface area contributed by atoms with Crippen LogP contribution in [0.4, 0.5) is 20.1 Å². The fourth-order valence-corrected chi connectivity index (χ4v) is 9.45. The van der Waals surface area contributed by atoms with Crippen LogP contribution in [-0.4, -0.2) is 144 Å². The van der Waals surface area contributed by atoms with E-state index in [4.69, 9.17) is 24.7 Å². The lowest BCUT2D eigenvalue weighted by molar-refractivity contribution is -0.167. The molecule has 21 nitrogen and oxygen atoms in total. The van der Waals surface area contributed by atoms with E-state index in [0.717, 1.165) is 21.7 Å². The predicted octanol–water partition coefficient (Wildman–Crippen LogP) is 5.11. The SMILES string of the molecule is C=CCOC(=O)C1(C(=O)N[C@@H](CCCNC(N)=O)C(=O)Nc2ccc(C(OC(=O)O[C@@H]3C[C@@H](C(=O)N[C@@H](C)c4ccc(-c5scnc5C)cc4)N(C(=O)OC(C)(C)C)C3)C(=O)N3CCN(C)CC3)cc2)CCC1. The Labute approximate surface area is 428 Å². The van der Waals surface area contributed by atoms with Gasteiger partial charge >= 0.3 is 24.2 Å². The van der Waals surface area contributed by atoms with Crippen LogP contribution in [0.15, 0.2) is 66.7 Å². The van der Waals surface area contributed by atoms with Gasteiger partial charge in [0.25, 0.3) is 5.91 Å². The number of thiazole rings is 1. The van der Waals surface area contributed by atoms with Gasteiger partial charge in [0, 0.05) is 50.4 Å². The van der Waals surface area contributed by atoms with Gasteiger partial charge in [-0.3, -0.25) is 28.9 Å². The maximum Gasteiger partial charge on any atom is 0.509 e. The van der Waals surface area contributed by atoms with Crippen molar-refractivity contribution in [3.63, 3.8) is 0 Å². The Hall–Kier alpha value is -7.07. The van der Waals surface area contributed by atoms with Gasteiger partial charge in [0.1, 0.15) is 35.8 Å². The molecule has 0 bridgehead atoms. The third-order valence-corrected chi connectivity index (χ3v) is 13.9. The molecule has 2 aromatic carbocycles. The summed E-state index contributed by atoms with van der Waals surface area (Å²) in [5, 5.41) is 10.9. The fraction of sp³-hybridized carbons (Fsp3) is 0.510. The molecule has 5 atom stereocenters. The first-order chi connectivity index (χ1) is 34.7. The number of piperazine rings is 1. The van der Waals surface area contributed by atoms with Crippen LogP contribution in [0.1, 0.15) is 95.2 Å². The molecule has 22 heteroatoms. The highest BCUT2D eigenvalue weighted by Gasteiger charge is 2.53. The van der Waals surface area contributed by atoms with E-state index >= 15 is 0 Å². The summed E-state index contributed by atoms with van der Waals surface area (Å²) in [6, 6.07) is 10.3. The summed E-state index contributed by atoms with van der Waals surface area (Å²) in [6.07, 6.45) is -1.82. The smallest absolute Gasteiger partial charge is 0.461 e. The number of hydrogen-bond acceptors (Lipinski definition) is 15. The quantitative estimate of drug-likeness (QED) is 0.0343. The number of anilines is 1. The molecule has 3 heterocycles. The number of primary amides is 1. The number of esters is 1. The van der Waals surface area contributed by atoms with Gasteiger partial charge in [-0.2, -0.15) is 0 Å². The second-order valence-electron chi connectivity index (χ2n) is 19.5. The number of likely N-dealkylation sites (tertiary alicyclic amines) is 1. The van der Waals surface area contributed by atoms with Gasteiger partial charge in [-0.25, -0.2) is 19.4 Å². The van der Waals surface area contributed by atoms with Gasteiger partial charge in [0.05, 0.1) is 28.7 Å². The fourth-order valence-electron chi connectivity index (χ4n) is 8.64. The van der Waals surface area contributed by atoms with Crippen LogP contribution < -0.4 is 27.0 Å². The maximum atomic E-state index is 14.2. The van der Waals surface area contributed by atoms with Crippen LogP contribution in [0.2, 0.25) is 0 Å². The Morgan fingerprint density at radius 1 is 0.959 bits per heavy atom. The minimum atomic E-state index is -1.50. The summed E-state index contributed by atoms with van der Waals surface area (Å²) in [6.45, 7) is 14.1. The number of urea groups is 1. The van der Waals surface area contributed by atoms with Crippen molar-refractivity contribution in [1.82, 2.24) is 35.6 Å². The van der Waals surface area contributed by atoms with E-state index in [-0.39, 0.29) is 63.1 Å². The van der Waals surface area contributed by atoms with Crippen molar-refractivity contribution in [3.05, 3.63) is 83.5 Å². The topological polar surface area (TPSA) is 270 Å². The third-order valence-electron chi connectivity index (χ3n) is 12.9. The number of ether oxygens (including phenoxy) is 4. The zero-order valence-corrected chi connectivity index (χ0v) is 43.0. The number of likely N-dealkylation sites (N-methyl/N-ethyl adjacent to an activating group) is 1.